The van der Waals surface area contributed by atoms with Gasteiger partial charge < -0.3 is 15.7 Å². The molecular formula is C27H26N4O3S. The zero-order valence-electron chi connectivity index (χ0n) is 19.5. The van der Waals surface area contributed by atoms with Crippen molar-refractivity contribution in [3.63, 3.8) is 0 Å². The molecule has 7 nitrogen and oxygen atoms in total. The van der Waals surface area contributed by atoms with Crippen LogP contribution in [0.1, 0.15) is 36.2 Å². The second-order valence-electron chi connectivity index (χ2n) is 8.29. The number of aliphatic hydroxyl groups is 1. The van der Waals surface area contributed by atoms with Crippen molar-refractivity contribution in [1.82, 2.24) is 15.3 Å². The Balaban J connectivity index is 1.36. The number of hydrogen-bond donors (Lipinski definition) is 3. The van der Waals surface area contributed by atoms with Crippen molar-refractivity contribution < 1.29 is 14.7 Å². The monoisotopic (exact) mass is 486 g/mol. The lowest BCUT2D eigenvalue weighted by atomic mass is 9.92. The molecule has 1 atom stereocenters. The Hall–Kier alpha value is -3.88. The summed E-state index contributed by atoms with van der Waals surface area (Å²) in [7, 11) is 0. The molecule has 35 heavy (non-hydrogen) atoms. The lowest BCUT2D eigenvalue weighted by Crippen LogP contribution is -2.33. The SMILES string of the molecule is CC[C@](C)(O)c1cccc(C(=O)NCC(=O)Nc2nc(-c3cccc(-c4ccncc4)c3)cs2)c1. The van der Waals surface area contributed by atoms with Crippen LogP contribution in [0.15, 0.2) is 78.4 Å². The summed E-state index contributed by atoms with van der Waals surface area (Å²) >= 11 is 1.32. The summed E-state index contributed by atoms with van der Waals surface area (Å²) in [6.45, 7) is 3.38. The van der Waals surface area contributed by atoms with Crippen molar-refractivity contribution in [3.05, 3.63) is 89.6 Å². The van der Waals surface area contributed by atoms with Crippen LogP contribution in [0.25, 0.3) is 22.4 Å². The molecule has 0 aliphatic heterocycles. The zero-order valence-corrected chi connectivity index (χ0v) is 20.3. The van der Waals surface area contributed by atoms with E-state index in [1.54, 1.807) is 43.6 Å². The van der Waals surface area contributed by atoms with Crippen molar-refractivity contribution in [2.24, 2.45) is 0 Å². The van der Waals surface area contributed by atoms with Crippen LogP contribution in [-0.2, 0) is 10.4 Å². The molecule has 4 aromatic rings. The molecule has 8 heteroatoms. The second-order valence-corrected chi connectivity index (χ2v) is 9.15. The smallest absolute Gasteiger partial charge is 0.251 e. The van der Waals surface area contributed by atoms with Gasteiger partial charge in [-0.15, -0.1) is 11.3 Å². The van der Waals surface area contributed by atoms with Crippen LogP contribution in [0.3, 0.4) is 0 Å². The van der Waals surface area contributed by atoms with Gasteiger partial charge in [0.05, 0.1) is 17.8 Å². The first-order chi connectivity index (χ1) is 16.9. The van der Waals surface area contributed by atoms with E-state index < -0.39 is 5.60 Å². The Morgan fingerprint density at radius 2 is 1.74 bits per heavy atom. The number of rotatable bonds is 8. The third-order valence-electron chi connectivity index (χ3n) is 5.77. The number of carbonyl (C=O) groups excluding carboxylic acids is 2. The molecule has 0 aliphatic rings. The van der Waals surface area contributed by atoms with Crippen molar-refractivity contribution in [3.8, 4) is 22.4 Å². The molecule has 0 radical (unpaired) electrons. The first kappa shape index (κ1) is 24.3. The molecular weight excluding hydrogens is 460 g/mol. The van der Waals surface area contributed by atoms with E-state index in [4.69, 9.17) is 0 Å². The molecule has 3 N–H and O–H groups in total. The van der Waals surface area contributed by atoms with E-state index in [-0.39, 0.29) is 18.4 Å². The van der Waals surface area contributed by atoms with Crippen molar-refractivity contribution >= 4 is 28.3 Å². The Morgan fingerprint density at radius 3 is 2.51 bits per heavy atom. The predicted molar refractivity (Wildman–Crippen MR) is 138 cm³/mol. The Morgan fingerprint density at radius 1 is 1.00 bits per heavy atom. The van der Waals surface area contributed by atoms with Gasteiger partial charge in [-0.05, 0) is 60.4 Å². The lowest BCUT2D eigenvalue weighted by Gasteiger charge is -2.22. The summed E-state index contributed by atoms with van der Waals surface area (Å²) in [5.41, 5.74) is 3.82. The highest BCUT2D eigenvalue weighted by Gasteiger charge is 2.21. The summed E-state index contributed by atoms with van der Waals surface area (Å²) in [4.78, 5) is 33.5. The maximum atomic E-state index is 12.5. The van der Waals surface area contributed by atoms with Gasteiger partial charge in [0.2, 0.25) is 5.91 Å². The topological polar surface area (TPSA) is 104 Å². The molecule has 0 bridgehead atoms. The largest absolute Gasteiger partial charge is 0.385 e. The highest BCUT2D eigenvalue weighted by Crippen LogP contribution is 2.29. The average molecular weight is 487 g/mol. The van der Waals surface area contributed by atoms with Crippen LogP contribution in [0.5, 0.6) is 0 Å². The van der Waals surface area contributed by atoms with Gasteiger partial charge in [-0.2, -0.15) is 0 Å². The number of benzene rings is 2. The van der Waals surface area contributed by atoms with E-state index in [1.165, 1.54) is 11.3 Å². The fourth-order valence-electron chi connectivity index (χ4n) is 3.49. The van der Waals surface area contributed by atoms with E-state index in [0.717, 1.165) is 22.4 Å². The number of pyridine rings is 1. The highest BCUT2D eigenvalue weighted by molar-refractivity contribution is 7.14. The summed E-state index contributed by atoms with van der Waals surface area (Å²) in [6.07, 6.45) is 4.02. The van der Waals surface area contributed by atoms with E-state index in [2.05, 4.69) is 20.6 Å². The number of carbonyl (C=O) groups is 2. The number of anilines is 1. The van der Waals surface area contributed by atoms with E-state index >= 15 is 0 Å². The van der Waals surface area contributed by atoms with Gasteiger partial charge in [0, 0.05) is 28.9 Å². The van der Waals surface area contributed by atoms with Crippen LogP contribution in [0, 0.1) is 0 Å². The minimum atomic E-state index is -1.02. The summed E-state index contributed by atoms with van der Waals surface area (Å²) in [6, 6.07) is 18.7. The van der Waals surface area contributed by atoms with Crippen LogP contribution in [0.4, 0.5) is 5.13 Å². The standard InChI is InChI=1S/C27H26N4O3S/c1-3-27(2,34)22-9-5-8-21(15-22)25(33)29-16-24(32)31-26-30-23(17-35-26)20-7-4-6-19(14-20)18-10-12-28-13-11-18/h4-15,17,34H,3,16H2,1-2H3,(H,29,33)(H,30,31,32)/t27-/m0/s1. The van der Waals surface area contributed by atoms with E-state index in [1.807, 2.05) is 48.7 Å². The molecule has 2 heterocycles. The molecule has 0 saturated heterocycles. The van der Waals surface area contributed by atoms with Crippen molar-refractivity contribution in [1.29, 1.82) is 0 Å². The fraction of sp³-hybridized carbons (Fsp3) is 0.185. The molecule has 0 saturated carbocycles. The van der Waals surface area contributed by atoms with Crippen molar-refractivity contribution in [2.45, 2.75) is 25.9 Å². The van der Waals surface area contributed by atoms with Gasteiger partial charge in [-0.25, -0.2) is 4.98 Å². The molecule has 2 aromatic heterocycles. The van der Waals surface area contributed by atoms with Gasteiger partial charge in [-0.1, -0.05) is 37.3 Å². The van der Waals surface area contributed by atoms with Crippen LogP contribution in [-0.4, -0.2) is 33.4 Å². The molecule has 0 fully saturated rings. The Labute approximate surface area is 207 Å². The quantitative estimate of drug-likeness (QED) is 0.330. The second kappa shape index (κ2) is 10.6. The van der Waals surface area contributed by atoms with Crippen molar-refractivity contribution in [2.75, 3.05) is 11.9 Å². The van der Waals surface area contributed by atoms with Gasteiger partial charge in [0.15, 0.2) is 5.13 Å². The van der Waals surface area contributed by atoms with Gasteiger partial charge in [0.1, 0.15) is 0 Å². The minimum Gasteiger partial charge on any atom is -0.385 e. The maximum Gasteiger partial charge on any atom is 0.251 e. The number of aromatic nitrogens is 2. The average Bonchev–Trinajstić information content (AvgIpc) is 3.36. The zero-order chi connectivity index (χ0) is 24.8. The van der Waals surface area contributed by atoms with E-state index in [0.29, 0.717) is 22.7 Å². The molecule has 0 spiro atoms. The molecule has 178 valence electrons. The van der Waals surface area contributed by atoms with Crippen LogP contribution in [0.2, 0.25) is 0 Å². The first-order valence-electron chi connectivity index (χ1n) is 11.2. The summed E-state index contributed by atoms with van der Waals surface area (Å²) in [5, 5.41) is 18.1. The van der Waals surface area contributed by atoms with Gasteiger partial charge in [0.25, 0.3) is 5.91 Å². The normalized spacial score (nSPS) is 12.5. The Bertz CT molecular complexity index is 1340. The number of thiazole rings is 1. The third kappa shape index (κ3) is 5.98. The number of nitrogens with one attached hydrogen (secondary N) is 2. The third-order valence-corrected chi connectivity index (χ3v) is 6.52. The predicted octanol–water partition coefficient (Wildman–Crippen LogP) is 4.86. The molecule has 2 aromatic carbocycles. The minimum absolute atomic E-state index is 0.195. The molecule has 0 aliphatic carbocycles. The maximum absolute atomic E-state index is 12.5. The number of amides is 2. The van der Waals surface area contributed by atoms with Gasteiger partial charge >= 0.3 is 0 Å². The number of nitrogens with zero attached hydrogens (tertiary/aromatic N) is 2. The molecule has 0 unspecified atom stereocenters. The Kier molecular flexibility index (Phi) is 7.33. The number of hydrogen-bond acceptors (Lipinski definition) is 6. The summed E-state index contributed by atoms with van der Waals surface area (Å²) < 4.78 is 0. The summed E-state index contributed by atoms with van der Waals surface area (Å²) in [5.74, 6) is -0.761. The fourth-order valence-corrected chi connectivity index (χ4v) is 4.23. The van der Waals surface area contributed by atoms with Crippen LogP contribution < -0.4 is 10.6 Å². The van der Waals surface area contributed by atoms with E-state index in [9.17, 15) is 14.7 Å². The lowest BCUT2D eigenvalue weighted by molar-refractivity contribution is -0.115. The van der Waals surface area contributed by atoms with Crippen LogP contribution >= 0.6 is 11.3 Å². The molecule has 2 amide bonds. The first-order valence-corrected chi connectivity index (χ1v) is 12.1. The molecule has 4 rings (SSSR count). The highest BCUT2D eigenvalue weighted by atomic mass is 32.1. The van der Waals surface area contributed by atoms with Gasteiger partial charge in [-0.3, -0.25) is 14.6 Å².